The van der Waals surface area contributed by atoms with E-state index in [4.69, 9.17) is 0 Å². The number of thiophene rings is 1. The Morgan fingerprint density at radius 3 is 2.47 bits per heavy atom. The number of rotatable bonds is 4. The molecule has 1 aromatic rings. The zero-order chi connectivity index (χ0) is 11.5. The van der Waals surface area contributed by atoms with Gasteiger partial charge in [-0.15, -0.1) is 0 Å². The molecule has 0 aliphatic heterocycles. The van der Waals surface area contributed by atoms with Crippen LogP contribution in [0.3, 0.4) is 0 Å². The van der Waals surface area contributed by atoms with Crippen molar-refractivity contribution in [2.24, 2.45) is 5.41 Å². The summed E-state index contributed by atoms with van der Waals surface area (Å²) in [4.78, 5) is 0. The van der Waals surface area contributed by atoms with Crippen LogP contribution in [-0.2, 0) is 0 Å². The molecule has 2 unspecified atom stereocenters. The van der Waals surface area contributed by atoms with E-state index in [-0.39, 0.29) is 0 Å². The van der Waals surface area contributed by atoms with Crippen molar-refractivity contribution in [3.8, 4) is 0 Å². The highest BCUT2D eigenvalue weighted by Crippen LogP contribution is 2.25. The molecule has 1 N–H and O–H groups in total. The molecule has 0 fully saturated rings. The van der Waals surface area contributed by atoms with Gasteiger partial charge in [-0.3, -0.25) is 0 Å². The molecule has 0 radical (unpaired) electrons. The molecule has 0 spiro atoms. The lowest BCUT2D eigenvalue weighted by Gasteiger charge is -2.33. The highest BCUT2D eigenvalue weighted by Gasteiger charge is 2.24. The summed E-state index contributed by atoms with van der Waals surface area (Å²) >= 11 is 1.77. The largest absolute Gasteiger partial charge is 0.307 e. The van der Waals surface area contributed by atoms with Crippen LogP contribution in [0.2, 0.25) is 0 Å². The maximum Gasteiger partial charge on any atom is 0.0302 e. The van der Waals surface area contributed by atoms with Crippen molar-refractivity contribution < 1.29 is 0 Å². The van der Waals surface area contributed by atoms with E-state index in [0.717, 1.165) is 0 Å². The van der Waals surface area contributed by atoms with Crippen molar-refractivity contribution in [1.82, 2.24) is 5.32 Å². The van der Waals surface area contributed by atoms with E-state index in [1.165, 1.54) is 12.0 Å². The van der Waals surface area contributed by atoms with Crippen LogP contribution in [0.4, 0.5) is 0 Å². The average molecular weight is 225 g/mol. The molecule has 1 nitrogen and oxygen atoms in total. The lowest BCUT2D eigenvalue weighted by Crippen LogP contribution is -2.40. The van der Waals surface area contributed by atoms with E-state index in [0.29, 0.717) is 17.5 Å². The standard InChI is InChI=1S/C13H23NS/c1-6-12(13(3,4)5)14-10(2)11-7-8-15-9-11/h7-10,12,14H,6H2,1-5H3. The first-order valence-electron chi connectivity index (χ1n) is 5.73. The maximum atomic E-state index is 3.72. The molecule has 0 aliphatic carbocycles. The summed E-state index contributed by atoms with van der Waals surface area (Å²) in [6.45, 7) is 11.4. The molecule has 86 valence electrons. The van der Waals surface area contributed by atoms with E-state index in [1.807, 2.05) is 0 Å². The normalized spacial score (nSPS) is 16.3. The van der Waals surface area contributed by atoms with Crippen LogP contribution in [0, 0.1) is 5.41 Å². The van der Waals surface area contributed by atoms with Crippen molar-refractivity contribution in [3.63, 3.8) is 0 Å². The molecule has 1 aromatic heterocycles. The molecule has 1 heterocycles. The highest BCUT2D eigenvalue weighted by molar-refractivity contribution is 7.07. The summed E-state index contributed by atoms with van der Waals surface area (Å²) in [5, 5.41) is 8.09. The zero-order valence-corrected chi connectivity index (χ0v) is 11.3. The van der Waals surface area contributed by atoms with Gasteiger partial charge in [0.25, 0.3) is 0 Å². The van der Waals surface area contributed by atoms with E-state index in [9.17, 15) is 0 Å². The molecular formula is C13H23NS. The molecule has 0 amide bonds. The molecular weight excluding hydrogens is 202 g/mol. The van der Waals surface area contributed by atoms with Crippen LogP contribution in [-0.4, -0.2) is 6.04 Å². The zero-order valence-electron chi connectivity index (χ0n) is 10.5. The molecule has 0 saturated carbocycles. The molecule has 0 bridgehead atoms. The summed E-state index contributed by atoms with van der Waals surface area (Å²) in [6, 6.07) is 3.24. The third kappa shape index (κ3) is 3.62. The number of nitrogens with one attached hydrogen (secondary N) is 1. The first-order chi connectivity index (χ1) is 6.95. The average Bonchev–Trinajstić information content (AvgIpc) is 2.64. The Balaban J connectivity index is 2.60. The van der Waals surface area contributed by atoms with Crippen molar-refractivity contribution in [3.05, 3.63) is 22.4 Å². The molecule has 2 atom stereocenters. The maximum absolute atomic E-state index is 3.72. The van der Waals surface area contributed by atoms with Gasteiger partial charge in [0, 0.05) is 12.1 Å². The van der Waals surface area contributed by atoms with E-state index < -0.39 is 0 Å². The topological polar surface area (TPSA) is 12.0 Å². The number of hydrogen-bond donors (Lipinski definition) is 1. The smallest absolute Gasteiger partial charge is 0.0302 e. The van der Waals surface area contributed by atoms with Crippen LogP contribution in [0.15, 0.2) is 16.8 Å². The quantitative estimate of drug-likeness (QED) is 0.809. The minimum atomic E-state index is 0.332. The Hall–Kier alpha value is -0.340. The van der Waals surface area contributed by atoms with Crippen LogP contribution in [0.25, 0.3) is 0 Å². The molecule has 0 saturated heterocycles. The second-order valence-corrected chi connectivity index (χ2v) is 6.05. The van der Waals surface area contributed by atoms with Crippen LogP contribution < -0.4 is 5.32 Å². The van der Waals surface area contributed by atoms with Crippen LogP contribution >= 0.6 is 11.3 Å². The Labute approximate surface area is 97.9 Å². The highest BCUT2D eigenvalue weighted by atomic mass is 32.1. The van der Waals surface area contributed by atoms with Gasteiger partial charge in [0.05, 0.1) is 0 Å². The lowest BCUT2D eigenvalue weighted by molar-refractivity contribution is 0.244. The van der Waals surface area contributed by atoms with Crippen LogP contribution in [0.5, 0.6) is 0 Å². The van der Waals surface area contributed by atoms with Gasteiger partial charge in [-0.1, -0.05) is 27.7 Å². The van der Waals surface area contributed by atoms with E-state index in [2.05, 4.69) is 56.8 Å². The molecule has 0 aliphatic rings. The fourth-order valence-electron chi connectivity index (χ4n) is 1.90. The van der Waals surface area contributed by atoms with E-state index >= 15 is 0 Å². The second-order valence-electron chi connectivity index (χ2n) is 5.27. The molecule has 0 aromatic carbocycles. The van der Waals surface area contributed by atoms with Crippen molar-refractivity contribution in [1.29, 1.82) is 0 Å². The number of hydrogen-bond acceptors (Lipinski definition) is 2. The monoisotopic (exact) mass is 225 g/mol. The SMILES string of the molecule is CCC(NC(C)c1ccsc1)C(C)(C)C. The van der Waals surface area contributed by atoms with Gasteiger partial charge < -0.3 is 5.32 Å². The predicted octanol–water partition coefficient (Wildman–Crippen LogP) is 4.22. The van der Waals surface area contributed by atoms with Gasteiger partial charge in [-0.05, 0) is 41.1 Å². The molecule has 1 rings (SSSR count). The van der Waals surface area contributed by atoms with Crippen molar-refractivity contribution in [2.45, 2.75) is 53.1 Å². The Bertz CT molecular complexity index is 271. The van der Waals surface area contributed by atoms with Crippen molar-refractivity contribution >= 4 is 11.3 Å². The van der Waals surface area contributed by atoms with Gasteiger partial charge in [0.2, 0.25) is 0 Å². The van der Waals surface area contributed by atoms with E-state index in [1.54, 1.807) is 11.3 Å². The first kappa shape index (κ1) is 12.7. The molecule has 2 heteroatoms. The minimum Gasteiger partial charge on any atom is -0.307 e. The van der Waals surface area contributed by atoms with Crippen LogP contribution in [0.1, 0.15) is 52.6 Å². The van der Waals surface area contributed by atoms with Crippen molar-refractivity contribution in [2.75, 3.05) is 0 Å². The minimum absolute atomic E-state index is 0.332. The summed E-state index contributed by atoms with van der Waals surface area (Å²) in [5.74, 6) is 0. The summed E-state index contributed by atoms with van der Waals surface area (Å²) in [6.07, 6.45) is 1.18. The summed E-state index contributed by atoms with van der Waals surface area (Å²) in [5.41, 5.74) is 1.74. The van der Waals surface area contributed by atoms with Gasteiger partial charge >= 0.3 is 0 Å². The van der Waals surface area contributed by atoms with Gasteiger partial charge in [-0.2, -0.15) is 11.3 Å². The third-order valence-corrected chi connectivity index (χ3v) is 3.65. The van der Waals surface area contributed by atoms with Gasteiger partial charge in [0.1, 0.15) is 0 Å². The van der Waals surface area contributed by atoms with Gasteiger partial charge in [-0.25, -0.2) is 0 Å². The fourth-order valence-corrected chi connectivity index (χ4v) is 2.65. The predicted molar refractivity (Wildman–Crippen MR) is 69.4 cm³/mol. The first-order valence-corrected chi connectivity index (χ1v) is 6.67. The van der Waals surface area contributed by atoms with Gasteiger partial charge in [0.15, 0.2) is 0 Å². The Kier molecular flexibility index (Phi) is 4.35. The second kappa shape index (κ2) is 5.13. The Morgan fingerprint density at radius 1 is 1.40 bits per heavy atom. The summed E-state index contributed by atoms with van der Waals surface area (Å²) in [7, 11) is 0. The molecule has 15 heavy (non-hydrogen) atoms. The summed E-state index contributed by atoms with van der Waals surface area (Å²) < 4.78 is 0. The fraction of sp³-hybridized carbons (Fsp3) is 0.692. The lowest BCUT2D eigenvalue weighted by atomic mass is 9.84. The Morgan fingerprint density at radius 2 is 2.07 bits per heavy atom. The third-order valence-electron chi connectivity index (χ3n) is 2.95.